The Morgan fingerprint density at radius 2 is 1.81 bits per heavy atom. The number of benzene rings is 3. The van der Waals surface area contributed by atoms with Gasteiger partial charge in [0.15, 0.2) is 0 Å². The average molecular weight is 637 g/mol. The molecule has 0 unspecified atom stereocenters. The summed E-state index contributed by atoms with van der Waals surface area (Å²) < 4.78 is 61.0. The van der Waals surface area contributed by atoms with Gasteiger partial charge in [-0.05, 0) is 61.2 Å². The van der Waals surface area contributed by atoms with Crippen LogP contribution in [-0.4, -0.2) is 34.1 Å². The Balaban J connectivity index is 1.38. The Morgan fingerprint density at radius 3 is 2.47 bits per heavy atom. The third kappa shape index (κ3) is 6.14. The lowest BCUT2D eigenvalue weighted by Crippen LogP contribution is -2.40. The molecule has 1 aromatic heterocycles. The van der Waals surface area contributed by atoms with Crippen molar-refractivity contribution < 1.29 is 31.9 Å². The lowest BCUT2D eigenvalue weighted by atomic mass is 10.0. The van der Waals surface area contributed by atoms with Crippen molar-refractivity contribution in [2.75, 3.05) is 11.9 Å². The predicted octanol–water partition coefficient (Wildman–Crippen LogP) is 7.22. The van der Waals surface area contributed by atoms with Crippen molar-refractivity contribution in [3.05, 3.63) is 86.9 Å². The summed E-state index contributed by atoms with van der Waals surface area (Å²) in [4.78, 5) is 30.2. The molecular weight excluding hydrogens is 611 g/mol. The SMILES string of the molecule is CCOc1cc2c(cc1C(=O)Nc1ccc(F)c(Cl)c1)nc(Cc1cc(CNC(=O)C3(C(F)(F)F)CC3)ccc1Cl)n2C. The fraction of sp³-hybridized carbons (Fsp3) is 0.300. The van der Waals surface area contributed by atoms with Gasteiger partial charge >= 0.3 is 6.18 Å². The molecule has 226 valence electrons. The van der Waals surface area contributed by atoms with Crippen molar-refractivity contribution in [3.63, 3.8) is 0 Å². The first-order chi connectivity index (χ1) is 20.3. The Kier molecular flexibility index (Phi) is 8.32. The maximum Gasteiger partial charge on any atom is 0.403 e. The third-order valence-electron chi connectivity index (χ3n) is 7.44. The number of rotatable bonds is 9. The number of halogens is 6. The summed E-state index contributed by atoms with van der Waals surface area (Å²) in [5.74, 6) is -1.23. The normalized spacial score (nSPS) is 14.0. The van der Waals surface area contributed by atoms with Crippen molar-refractivity contribution in [2.24, 2.45) is 12.5 Å². The Morgan fingerprint density at radius 1 is 1.07 bits per heavy atom. The lowest BCUT2D eigenvalue weighted by Gasteiger charge is -2.18. The van der Waals surface area contributed by atoms with Gasteiger partial charge in [0.2, 0.25) is 5.91 Å². The number of fused-ring (bicyclic) bond motifs is 1. The molecule has 0 saturated heterocycles. The fourth-order valence-electron chi connectivity index (χ4n) is 4.81. The zero-order valence-corrected chi connectivity index (χ0v) is 24.6. The summed E-state index contributed by atoms with van der Waals surface area (Å²) in [5, 5.41) is 5.39. The van der Waals surface area contributed by atoms with Gasteiger partial charge in [-0.25, -0.2) is 9.37 Å². The van der Waals surface area contributed by atoms with Gasteiger partial charge in [0.1, 0.15) is 22.8 Å². The van der Waals surface area contributed by atoms with E-state index in [0.29, 0.717) is 51.1 Å². The standard InChI is InChI=1S/C30H26Cl2F4N4O3/c1-3-43-25-14-24-23(13-19(25)27(41)38-18-5-7-22(33)21(32)12-18)39-26(40(24)2)11-17-10-16(4-6-20(17)31)15-37-28(42)29(8-9-29)30(34,35)36/h4-7,10,12-14H,3,8-9,11,15H2,1-2H3,(H,37,42)(H,38,41). The number of anilines is 1. The largest absolute Gasteiger partial charge is 0.493 e. The summed E-state index contributed by atoms with van der Waals surface area (Å²) in [6, 6.07) is 12.1. The van der Waals surface area contributed by atoms with Gasteiger partial charge < -0.3 is 19.9 Å². The number of imidazole rings is 1. The van der Waals surface area contributed by atoms with Gasteiger partial charge in [0, 0.05) is 36.8 Å². The Bertz CT molecular complexity index is 1730. The molecule has 1 saturated carbocycles. The number of nitrogens with one attached hydrogen (secondary N) is 2. The smallest absolute Gasteiger partial charge is 0.403 e. The van der Waals surface area contributed by atoms with Crippen LogP contribution in [0.4, 0.5) is 23.2 Å². The van der Waals surface area contributed by atoms with Gasteiger partial charge in [-0.2, -0.15) is 13.2 Å². The third-order valence-corrected chi connectivity index (χ3v) is 8.09. The van der Waals surface area contributed by atoms with Crippen LogP contribution in [-0.2, 0) is 24.8 Å². The van der Waals surface area contributed by atoms with Crippen molar-refractivity contribution in [2.45, 2.75) is 38.9 Å². The van der Waals surface area contributed by atoms with E-state index in [-0.39, 0.29) is 36.4 Å². The van der Waals surface area contributed by atoms with Crippen molar-refractivity contribution in [1.29, 1.82) is 0 Å². The van der Waals surface area contributed by atoms with E-state index in [0.717, 1.165) is 6.07 Å². The number of alkyl halides is 3. The van der Waals surface area contributed by atoms with Gasteiger partial charge in [0.05, 0.1) is 28.2 Å². The van der Waals surface area contributed by atoms with Crippen molar-refractivity contribution >= 4 is 51.7 Å². The zero-order valence-electron chi connectivity index (χ0n) is 23.0. The first-order valence-electron chi connectivity index (χ1n) is 13.3. The lowest BCUT2D eigenvalue weighted by molar-refractivity contribution is -0.192. The number of aromatic nitrogens is 2. The molecule has 1 aliphatic carbocycles. The van der Waals surface area contributed by atoms with Gasteiger partial charge in [-0.15, -0.1) is 0 Å². The van der Waals surface area contributed by atoms with Crippen molar-refractivity contribution in [3.8, 4) is 5.75 Å². The van der Waals surface area contributed by atoms with Gasteiger partial charge in [-0.3, -0.25) is 9.59 Å². The minimum Gasteiger partial charge on any atom is -0.493 e. The highest BCUT2D eigenvalue weighted by atomic mass is 35.5. The second-order valence-corrected chi connectivity index (χ2v) is 11.1. The molecule has 0 spiro atoms. The molecule has 0 radical (unpaired) electrons. The number of hydrogen-bond donors (Lipinski definition) is 2. The fourth-order valence-corrected chi connectivity index (χ4v) is 5.18. The molecule has 5 rings (SSSR count). The number of carbonyl (C=O) groups is 2. The molecule has 4 aromatic rings. The first-order valence-corrected chi connectivity index (χ1v) is 14.1. The minimum absolute atomic E-state index is 0.0845. The molecule has 43 heavy (non-hydrogen) atoms. The van der Waals surface area contributed by atoms with E-state index in [4.69, 9.17) is 32.9 Å². The van der Waals surface area contributed by atoms with Gasteiger partial charge in [0.25, 0.3) is 5.91 Å². The topological polar surface area (TPSA) is 85.2 Å². The molecule has 13 heteroatoms. The molecule has 0 bridgehead atoms. The maximum absolute atomic E-state index is 13.6. The van der Waals surface area contributed by atoms with E-state index in [1.807, 2.05) is 4.57 Å². The molecule has 7 nitrogen and oxygen atoms in total. The van der Waals surface area contributed by atoms with Crippen LogP contribution in [0.15, 0.2) is 48.5 Å². The highest BCUT2D eigenvalue weighted by Crippen LogP contribution is 2.57. The van der Waals surface area contributed by atoms with Crippen LogP contribution in [0.25, 0.3) is 11.0 Å². The summed E-state index contributed by atoms with van der Waals surface area (Å²) in [6.07, 6.45) is -4.75. The molecule has 2 amide bonds. The second kappa shape index (κ2) is 11.7. The summed E-state index contributed by atoms with van der Waals surface area (Å²) >= 11 is 12.3. The number of carbonyl (C=O) groups excluding carboxylic acids is 2. The van der Waals surface area contributed by atoms with Crippen LogP contribution < -0.4 is 15.4 Å². The van der Waals surface area contributed by atoms with E-state index < -0.39 is 29.2 Å². The zero-order chi connectivity index (χ0) is 31.1. The molecule has 0 atom stereocenters. The number of aryl methyl sites for hydroxylation is 1. The van der Waals surface area contributed by atoms with Crippen LogP contribution in [0.3, 0.4) is 0 Å². The Labute approximate surface area is 254 Å². The average Bonchev–Trinajstić information content (AvgIpc) is 3.73. The predicted molar refractivity (Wildman–Crippen MR) is 155 cm³/mol. The monoisotopic (exact) mass is 636 g/mol. The van der Waals surface area contributed by atoms with E-state index >= 15 is 0 Å². The van der Waals surface area contributed by atoms with E-state index in [9.17, 15) is 27.2 Å². The second-order valence-electron chi connectivity index (χ2n) is 10.3. The molecule has 0 aliphatic heterocycles. The van der Waals surface area contributed by atoms with Crippen LogP contribution in [0.2, 0.25) is 10.0 Å². The molecule has 1 fully saturated rings. The molecule has 3 aromatic carbocycles. The summed E-state index contributed by atoms with van der Waals surface area (Å²) in [7, 11) is 1.80. The van der Waals surface area contributed by atoms with Gasteiger partial charge in [-0.1, -0.05) is 35.3 Å². The van der Waals surface area contributed by atoms with E-state index in [1.165, 1.54) is 12.1 Å². The van der Waals surface area contributed by atoms with Crippen LogP contribution in [0, 0.1) is 11.2 Å². The molecule has 1 aliphatic rings. The summed E-state index contributed by atoms with van der Waals surface area (Å²) in [5.41, 5.74) is 0.644. The quantitative estimate of drug-likeness (QED) is 0.190. The highest BCUT2D eigenvalue weighted by Gasteiger charge is 2.68. The summed E-state index contributed by atoms with van der Waals surface area (Å²) in [6.45, 7) is 1.99. The number of ether oxygens (including phenoxy) is 1. The minimum atomic E-state index is -4.58. The molecule has 2 N–H and O–H groups in total. The van der Waals surface area contributed by atoms with E-state index in [2.05, 4.69) is 10.6 Å². The number of nitrogens with zero attached hydrogens (tertiary/aromatic N) is 2. The first kappa shape index (κ1) is 30.6. The van der Waals surface area contributed by atoms with Crippen LogP contribution >= 0.6 is 23.2 Å². The van der Waals surface area contributed by atoms with E-state index in [1.54, 1.807) is 44.3 Å². The number of amides is 2. The number of hydrogen-bond acceptors (Lipinski definition) is 4. The molecule has 1 heterocycles. The highest BCUT2D eigenvalue weighted by molar-refractivity contribution is 6.31. The van der Waals surface area contributed by atoms with Crippen LogP contribution in [0.1, 0.15) is 47.1 Å². The molecular formula is C30H26Cl2F4N4O3. The van der Waals surface area contributed by atoms with Crippen molar-refractivity contribution in [1.82, 2.24) is 14.9 Å². The maximum atomic E-state index is 13.6. The Hall–Kier alpha value is -3.83. The van der Waals surface area contributed by atoms with Crippen LogP contribution in [0.5, 0.6) is 5.75 Å².